The standard InChI is InChI=1S/C15H21N5/c1-11-9-17-15(19-14(11)20(3)4)18-12(2)8-13-6-5-7-16-10-13/h5-7,9-10,12H,8H2,1-4H3,(H,17,18,19)/t12-/m1/s1. The van der Waals surface area contributed by atoms with Crippen LogP contribution in [0.4, 0.5) is 11.8 Å². The smallest absolute Gasteiger partial charge is 0.224 e. The molecule has 2 aromatic heterocycles. The molecule has 5 heteroatoms. The number of rotatable bonds is 5. The quantitative estimate of drug-likeness (QED) is 0.904. The molecule has 0 aliphatic carbocycles. The van der Waals surface area contributed by atoms with Crippen LogP contribution in [0.5, 0.6) is 0 Å². The van der Waals surface area contributed by atoms with Gasteiger partial charge in [-0.25, -0.2) is 4.98 Å². The Morgan fingerprint density at radius 2 is 2.10 bits per heavy atom. The molecule has 20 heavy (non-hydrogen) atoms. The van der Waals surface area contributed by atoms with Crippen molar-refractivity contribution in [3.05, 3.63) is 41.9 Å². The molecule has 2 rings (SSSR count). The average Bonchev–Trinajstić information content (AvgIpc) is 2.41. The molecule has 0 fully saturated rings. The first-order valence-corrected chi connectivity index (χ1v) is 6.72. The van der Waals surface area contributed by atoms with Crippen LogP contribution < -0.4 is 10.2 Å². The second kappa shape index (κ2) is 6.32. The van der Waals surface area contributed by atoms with Gasteiger partial charge in [-0.1, -0.05) is 6.07 Å². The molecule has 0 bridgehead atoms. The molecule has 2 aromatic rings. The van der Waals surface area contributed by atoms with E-state index in [2.05, 4.69) is 33.3 Å². The summed E-state index contributed by atoms with van der Waals surface area (Å²) in [7, 11) is 3.97. The summed E-state index contributed by atoms with van der Waals surface area (Å²) in [5.74, 6) is 1.60. The predicted octanol–water partition coefficient (Wildman–Crippen LogP) is 2.29. The van der Waals surface area contributed by atoms with Gasteiger partial charge in [0.25, 0.3) is 0 Å². The summed E-state index contributed by atoms with van der Waals surface area (Å²) < 4.78 is 0. The first-order valence-electron chi connectivity index (χ1n) is 6.72. The maximum atomic E-state index is 4.54. The predicted molar refractivity (Wildman–Crippen MR) is 82.1 cm³/mol. The summed E-state index contributed by atoms with van der Waals surface area (Å²) in [5.41, 5.74) is 2.27. The van der Waals surface area contributed by atoms with E-state index in [1.54, 1.807) is 6.20 Å². The van der Waals surface area contributed by atoms with Gasteiger partial charge in [0, 0.05) is 44.3 Å². The van der Waals surface area contributed by atoms with Crippen molar-refractivity contribution in [2.24, 2.45) is 0 Å². The van der Waals surface area contributed by atoms with E-state index < -0.39 is 0 Å². The second-order valence-electron chi connectivity index (χ2n) is 5.21. The zero-order valence-electron chi connectivity index (χ0n) is 12.5. The Bertz CT molecular complexity index is 553. The van der Waals surface area contributed by atoms with Gasteiger partial charge in [-0.05, 0) is 31.9 Å². The molecule has 0 aromatic carbocycles. The van der Waals surface area contributed by atoms with Gasteiger partial charge in [0.15, 0.2) is 0 Å². The van der Waals surface area contributed by atoms with Crippen molar-refractivity contribution in [1.29, 1.82) is 0 Å². The van der Waals surface area contributed by atoms with Crippen molar-refractivity contribution in [3.63, 3.8) is 0 Å². The highest BCUT2D eigenvalue weighted by Crippen LogP contribution is 2.16. The minimum atomic E-state index is 0.247. The molecular weight excluding hydrogens is 250 g/mol. The van der Waals surface area contributed by atoms with E-state index in [4.69, 9.17) is 0 Å². The zero-order chi connectivity index (χ0) is 14.5. The van der Waals surface area contributed by atoms with Gasteiger partial charge >= 0.3 is 0 Å². The van der Waals surface area contributed by atoms with Gasteiger partial charge in [-0.15, -0.1) is 0 Å². The highest BCUT2D eigenvalue weighted by Gasteiger charge is 2.09. The molecule has 2 heterocycles. The third-order valence-electron chi connectivity index (χ3n) is 3.01. The van der Waals surface area contributed by atoms with Crippen LogP contribution in [0.25, 0.3) is 0 Å². The lowest BCUT2D eigenvalue weighted by Crippen LogP contribution is -2.21. The molecule has 0 saturated carbocycles. The van der Waals surface area contributed by atoms with Crippen LogP contribution in [0.1, 0.15) is 18.1 Å². The van der Waals surface area contributed by atoms with Gasteiger partial charge < -0.3 is 10.2 Å². The number of nitrogens with one attached hydrogen (secondary N) is 1. The highest BCUT2D eigenvalue weighted by molar-refractivity contribution is 5.47. The fourth-order valence-electron chi connectivity index (χ4n) is 2.10. The van der Waals surface area contributed by atoms with Crippen LogP contribution in [0.3, 0.4) is 0 Å². The normalized spacial score (nSPS) is 12.0. The summed E-state index contributed by atoms with van der Waals surface area (Å²) in [6, 6.07) is 4.28. The lowest BCUT2D eigenvalue weighted by atomic mass is 10.1. The van der Waals surface area contributed by atoms with E-state index in [1.807, 2.05) is 44.4 Å². The maximum absolute atomic E-state index is 4.54. The lowest BCUT2D eigenvalue weighted by Gasteiger charge is -2.17. The summed E-state index contributed by atoms with van der Waals surface area (Å²) in [6.45, 7) is 4.13. The van der Waals surface area contributed by atoms with Gasteiger partial charge in [-0.2, -0.15) is 4.98 Å². The first kappa shape index (κ1) is 14.2. The first-order chi connectivity index (χ1) is 9.56. The van der Waals surface area contributed by atoms with Crippen LogP contribution in [0.15, 0.2) is 30.7 Å². The van der Waals surface area contributed by atoms with Crippen LogP contribution in [0, 0.1) is 6.92 Å². The molecule has 106 valence electrons. The van der Waals surface area contributed by atoms with Gasteiger partial charge in [0.2, 0.25) is 5.95 Å². The van der Waals surface area contributed by atoms with Crippen molar-refractivity contribution in [3.8, 4) is 0 Å². The molecule has 5 nitrogen and oxygen atoms in total. The summed E-state index contributed by atoms with van der Waals surface area (Å²) in [6.07, 6.45) is 6.41. The van der Waals surface area contributed by atoms with Crippen molar-refractivity contribution < 1.29 is 0 Å². The third kappa shape index (κ3) is 3.66. The number of aryl methyl sites for hydroxylation is 1. The van der Waals surface area contributed by atoms with Crippen molar-refractivity contribution in [2.75, 3.05) is 24.3 Å². The minimum absolute atomic E-state index is 0.247. The van der Waals surface area contributed by atoms with Gasteiger partial charge in [0.1, 0.15) is 5.82 Å². The highest BCUT2D eigenvalue weighted by atomic mass is 15.2. The number of hydrogen-bond donors (Lipinski definition) is 1. The monoisotopic (exact) mass is 271 g/mol. The Morgan fingerprint density at radius 3 is 2.75 bits per heavy atom. The summed E-state index contributed by atoms with van der Waals surface area (Å²) >= 11 is 0. The molecule has 0 aliphatic heterocycles. The van der Waals surface area contributed by atoms with Crippen LogP contribution >= 0.6 is 0 Å². The van der Waals surface area contributed by atoms with Gasteiger partial charge in [-0.3, -0.25) is 4.98 Å². The Labute approximate surface area is 120 Å². The lowest BCUT2D eigenvalue weighted by molar-refractivity contribution is 0.773. The number of nitrogens with zero attached hydrogens (tertiary/aromatic N) is 4. The second-order valence-corrected chi connectivity index (χ2v) is 5.21. The largest absolute Gasteiger partial charge is 0.362 e. The Morgan fingerprint density at radius 1 is 1.30 bits per heavy atom. The maximum Gasteiger partial charge on any atom is 0.224 e. The topological polar surface area (TPSA) is 53.9 Å². The van der Waals surface area contributed by atoms with E-state index in [1.165, 1.54) is 5.56 Å². The van der Waals surface area contributed by atoms with Gasteiger partial charge in [0.05, 0.1) is 0 Å². The fourth-order valence-corrected chi connectivity index (χ4v) is 2.10. The SMILES string of the molecule is Cc1cnc(N[C@H](C)Cc2cccnc2)nc1N(C)C. The number of aromatic nitrogens is 3. The van der Waals surface area contributed by atoms with Crippen LogP contribution in [-0.2, 0) is 6.42 Å². The number of hydrogen-bond acceptors (Lipinski definition) is 5. The van der Waals surface area contributed by atoms with Crippen molar-refractivity contribution in [2.45, 2.75) is 26.3 Å². The minimum Gasteiger partial charge on any atom is -0.362 e. The zero-order valence-corrected chi connectivity index (χ0v) is 12.5. The molecule has 0 spiro atoms. The third-order valence-corrected chi connectivity index (χ3v) is 3.01. The van der Waals surface area contributed by atoms with E-state index in [9.17, 15) is 0 Å². The summed E-state index contributed by atoms with van der Waals surface area (Å²) in [5, 5.41) is 3.34. The number of anilines is 2. The Hall–Kier alpha value is -2.17. The van der Waals surface area contributed by atoms with E-state index >= 15 is 0 Å². The fraction of sp³-hybridized carbons (Fsp3) is 0.400. The molecule has 0 unspecified atom stereocenters. The molecule has 0 saturated heterocycles. The van der Waals surface area contributed by atoms with E-state index in [0.29, 0.717) is 5.95 Å². The Balaban J connectivity index is 2.04. The molecule has 1 atom stereocenters. The molecular formula is C15H21N5. The summed E-state index contributed by atoms with van der Waals surface area (Å²) in [4.78, 5) is 15.0. The van der Waals surface area contributed by atoms with Crippen LogP contribution in [0.2, 0.25) is 0 Å². The van der Waals surface area contributed by atoms with Crippen LogP contribution in [-0.4, -0.2) is 35.1 Å². The number of pyridine rings is 1. The van der Waals surface area contributed by atoms with Crippen molar-refractivity contribution in [1.82, 2.24) is 15.0 Å². The average molecular weight is 271 g/mol. The Kier molecular flexibility index (Phi) is 4.50. The van der Waals surface area contributed by atoms with Crippen molar-refractivity contribution >= 4 is 11.8 Å². The van der Waals surface area contributed by atoms with E-state index in [0.717, 1.165) is 17.8 Å². The molecule has 0 radical (unpaired) electrons. The van der Waals surface area contributed by atoms with E-state index in [-0.39, 0.29) is 6.04 Å². The molecule has 0 amide bonds. The molecule has 1 N–H and O–H groups in total. The molecule has 0 aliphatic rings.